The minimum Gasteiger partial charge on any atom is -0.339 e. The molecule has 144 valence electrons. The van der Waals surface area contributed by atoms with E-state index in [1.807, 2.05) is 23.1 Å². The van der Waals surface area contributed by atoms with Gasteiger partial charge >= 0.3 is 0 Å². The Balaban J connectivity index is 1.83. The van der Waals surface area contributed by atoms with Gasteiger partial charge in [-0.2, -0.15) is 5.10 Å². The molecule has 1 fully saturated rings. The van der Waals surface area contributed by atoms with Crippen LogP contribution in [0, 0.1) is 0 Å². The molecule has 2 heterocycles. The molecule has 0 aliphatic carbocycles. The maximum absolute atomic E-state index is 12.9. The Morgan fingerprint density at radius 2 is 1.74 bits per heavy atom. The number of hydrogen-bond donors (Lipinski definition) is 1. The molecule has 3 rings (SSSR count). The first-order valence-electron chi connectivity index (χ1n) is 9.51. The smallest absolute Gasteiger partial charge is 0.273 e. The van der Waals surface area contributed by atoms with Crippen LogP contribution in [0.15, 0.2) is 30.3 Å². The van der Waals surface area contributed by atoms with Crippen LogP contribution in [0.5, 0.6) is 0 Å². The van der Waals surface area contributed by atoms with Crippen molar-refractivity contribution in [1.29, 1.82) is 0 Å². The van der Waals surface area contributed by atoms with E-state index in [4.69, 9.17) is 0 Å². The number of piperidine rings is 1. The second-order valence-corrected chi connectivity index (χ2v) is 8.14. The van der Waals surface area contributed by atoms with Crippen LogP contribution in [-0.2, 0) is 12.5 Å². The Morgan fingerprint density at radius 3 is 2.37 bits per heavy atom. The Bertz CT molecular complexity index is 842. The van der Waals surface area contributed by atoms with Gasteiger partial charge in [0.15, 0.2) is 0 Å². The van der Waals surface area contributed by atoms with Crippen molar-refractivity contribution in [3.8, 4) is 0 Å². The molecule has 1 aliphatic heterocycles. The van der Waals surface area contributed by atoms with Gasteiger partial charge in [-0.25, -0.2) is 0 Å². The molecule has 27 heavy (non-hydrogen) atoms. The third-order valence-corrected chi connectivity index (χ3v) is 4.93. The summed E-state index contributed by atoms with van der Waals surface area (Å²) in [6.45, 7) is 7.73. The zero-order valence-corrected chi connectivity index (χ0v) is 16.6. The lowest BCUT2D eigenvalue weighted by Crippen LogP contribution is -2.36. The van der Waals surface area contributed by atoms with Crippen molar-refractivity contribution < 1.29 is 9.59 Å². The van der Waals surface area contributed by atoms with Crippen molar-refractivity contribution >= 4 is 17.5 Å². The van der Waals surface area contributed by atoms with E-state index in [2.05, 4.69) is 31.2 Å². The number of benzene rings is 1. The Morgan fingerprint density at radius 1 is 1.07 bits per heavy atom. The number of likely N-dealkylation sites (tertiary alicyclic amines) is 1. The largest absolute Gasteiger partial charge is 0.339 e. The summed E-state index contributed by atoms with van der Waals surface area (Å²) in [5.74, 6) is -0.287. The summed E-state index contributed by atoms with van der Waals surface area (Å²) in [5.41, 5.74) is 2.26. The van der Waals surface area contributed by atoms with Crippen LogP contribution in [0.3, 0.4) is 0 Å². The minimum absolute atomic E-state index is 0.0222. The predicted molar refractivity (Wildman–Crippen MR) is 106 cm³/mol. The van der Waals surface area contributed by atoms with E-state index < -0.39 is 0 Å². The lowest BCUT2D eigenvalue weighted by atomic mass is 9.92. The number of rotatable bonds is 3. The zero-order valence-electron chi connectivity index (χ0n) is 16.6. The number of carbonyl (C=O) groups excluding carboxylic acids is 2. The quantitative estimate of drug-likeness (QED) is 0.900. The average molecular weight is 368 g/mol. The van der Waals surface area contributed by atoms with Crippen LogP contribution < -0.4 is 5.32 Å². The number of carbonyl (C=O) groups is 2. The number of anilines is 1. The summed E-state index contributed by atoms with van der Waals surface area (Å²) in [4.78, 5) is 27.6. The van der Waals surface area contributed by atoms with Crippen LogP contribution in [-0.4, -0.2) is 39.6 Å². The molecule has 2 amide bonds. The first kappa shape index (κ1) is 19.1. The van der Waals surface area contributed by atoms with Crippen LogP contribution >= 0.6 is 0 Å². The molecule has 0 bridgehead atoms. The second-order valence-electron chi connectivity index (χ2n) is 8.14. The van der Waals surface area contributed by atoms with Gasteiger partial charge in [-0.1, -0.05) is 32.9 Å². The summed E-state index contributed by atoms with van der Waals surface area (Å²) in [5, 5.41) is 7.36. The van der Waals surface area contributed by atoms with Gasteiger partial charge in [-0.3, -0.25) is 14.3 Å². The lowest BCUT2D eigenvalue weighted by Gasteiger charge is -2.27. The average Bonchev–Trinajstić information content (AvgIpc) is 3.05. The topological polar surface area (TPSA) is 67.2 Å². The highest BCUT2D eigenvalue weighted by Gasteiger charge is 2.24. The molecule has 2 aromatic rings. The number of aryl methyl sites for hydroxylation is 1. The summed E-state index contributed by atoms with van der Waals surface area (Å²) < 4.78 is 1.59. The van der Waals surface area contributed by atoms with E-state index in [1.165, 1.54) is 6.42 Å². The SMILES string of the molecule is Cn1nc(C(C)(C)C)cc1C(=O)Nc1ccccc1C(=O)N1CCCCC1. The molecular weight excluding hydrogens is 340 g/mol. The van der Waals surface area contributed by atoms with Crippen LogP contribution in [0.4, 0.5) is 5.69 Å². The molecule has 0 atom stereocenters. The molecule has 0 spiro atoms. The molecule has 0 unspecified atom stereocenters. The maximum atomic E-state index is 12.9. The van der Waals surface area contributed by atoms with E-state index in [9.17, 15) is 9.59 Å². The Kier molecular flexibility index (Phi) is 5.35. The molecule has 6 heteroatoms. The molecule has 0 saturated carbocycles. The van der Waals surface area contributed by atoms with E-state index >= 15 is 0 Å². The highest BCUT2D eigenvalue weighted by molar-refractivity contribution is 6.08. The lowest BCUT2D eigenvalue weighted by molar-refractivity contribution is 0.0725. The fourth-order valence-electron chi connectivity index (χ4n) is 3.28. The highest BCUT2D eigenvalue weighted by Crippen LogP contribution is 2.23. The van der Waals surface area contributed by atoms with Gasteiger partial charge in [-0.05, 0) is 37.5 Å². The van der Waals surface area contributed by atoms with Crippen LogP contribution in [0.2, 0.25) is 0 Å². The first-order valence-corrected chi connectivity index (χ1v) is 9.51. The van der Waals surface area contributed by atoms with Gasteiger partial charge in [-0.15, -0.1) is 0 Å². The Hall–Kier alpha value is -2.63. The van der Waals surface area contributed by atoms with Gasteiger partial charge < -0.3 is 10.2 Å². The van der Waals surface area contributed by atoms with Gasteiger partial charge in [0, 0.05) is 25.6 Å². The highest BCUT2D eigenvalue weighted by atomic mass is 16.2. The number of nitrogens with one attached hydrogen (secondary N) is 1. The first-order chi connectivity index (χ1) is 12.8. The fourth-order valence-corrected chi connectivity index (χ4v) is 3.28. The molecular formula is C21H28N4O2. The summed E-state index contributed by atoms with van der Waals surface area (Å²) in [7, 11) is 1.76. The van der Waals surface area contributed by atoms with Crippen LogP contribution in [0.25, 0.3) is 0 Å². The van der Waals surface area contributed by atoms with Crippen LogP contribution in [0.1, 0.15) is 66.6 Å². The molecule has 0 radical (unpaired) electrons. The van der Waals surface area contributed by atoms with Crippen molar-refractivity contribution in [2.45, 2.75) is 45.4 Å². The molecule has 1 N–H and O–H groups in total. The van der Waals surface area contributed by atoms with Crippen molar-refractivity contribution in [2.75, 3.05) is 18.4 Å². The van der Waals surface area contributed by atoms with Crippen molar-refractivity contribution in [3.05, 3.63) is 47.3 Å². The number of amides is 2. The molecule has 6 nitrogen and oxygen atoms in total. The second kappa shape index (κ2) is 7.55. The third kappa shape index (κ3) is 4.21. The van der Waals surface area contributed by atoms with Gasteiger partial charge in [0.25, 0.3) is 11.8 Å². The molecule has 1 aromatic heterocycles. The third-order valence-electron chi connectivity index (χ3n) is 4.93. The van der Waals surface area contributed by atoms with Crippen molar-refractivity contribution in [1.82, 2.24) is 14.7 Å². The fraction of sp³-hybridized carbons (Fsp3) is 0.476. The molecule has 1 aliphatic rings. The Labute approximate surface area is 160 Å². The van der Waals surface area contributed by atoms with Gasteiger partial charge in [0.1, 0.15) is 5.69 Å². The summed E-state index contributed by atoms with van der Waals surface area (Å²) >= 11 is 0. The van der Waals surface area contributed by atoms with E-state index in [-0.39, 0.29) is 17.2 Å². The van der Waals surface area contributed by atoms with E-state index in [0.717, 1.165) is 31.6 Å². The van der Waals surface area contributed by atoms with Crippen molar-refractivity contribution in [2.24, 2.45) is 7.05 Å². The molecule has 1 saturated heterocycles. The number of nitrogens with zero attached hydrogens (tertiary/aromatic N) is 3. The standard InChI is InChI=1S/C21H28N4O2/c1-21(2,3)18-14-17(24(4)23-18)19(26)22-16-11-7-6-10-15(16)20(27)25-12-8-5-9-13-25/h6-7,10-11,14H,5,8-9,12-13H2,1-4H3,(H,22,26). The predicted octanol–water partition coefficient (Wildman–Crippen LogP) is 3.60. The maximum Gasteiger partial charge on any atom is 0.273 e. The van der Waals surface area contributed by atoms with E-state index in [1.54, 1.807) is 23.9 Å². The van der Waals surface area contributed by atoms with Gasteiger partial charge in [0.05, 0.1) is 16.9 Å². The number of para-hydroxylation sites is 1. The minimum atomic E-state index is -0.264. The summed E-state index contributed by atoms with van der Waals surface area (Å²) in [6.07, 6.45) is 3.23. The van der Waals surface area contributed by atoms with Crippen molar-refractivity contribution in [3.63, 3.8) is 0 Å². The van der Waals surface area contributed by atoms with E-state index in [0.29, 0.717) is 16.9 Å². The monoisotopic (exact) mass is 368 g/mol. The van der Waals surface area contributed by atoms with Gasteiger partial charge in [0.2, 0.25) is 0 Å². The number of aromatic nitrogens is 2. The molecule has 1 aromatic carbocycles. The normalized spacial score (nSPS) is 14.9. The number of hydrogen-bond acceptors (Lipinski definition) is 3. The zero-order chi connectivity index (χ0) is 19.6. The summed E-state index contributed by atoms with van der Waals surface area (Å²) in [6, 6.07) is 9.01.